The van der Waals surface area contributed by atoms with E-state index in [-0.39, 0.29) is 24.1 Å². The normalized spacial score (nSPS) is 14.1. The zero-order valence-electron chi connectivity index (χ0n) is 15.2. The van der Waals surface area contributed by atoms with Gasteiger partial charge in [0.25, 0.3) is 5.91 Å². The molecule has 1 saturated carbocycles. The molecule has 5 heteroatoms. The number of benzene rings is 2. The van der Waals surface area contributed by atoms with Crippen LogP contribution in [0.1, 0.15) is 41.6 Å². The first-order chi connectivity index (χ1) is 13.0. The molecule has 3 nitrogen and oxygen atoms in total. The van der Waals surface area contributed by atoms with Crippen LogP contribution in [-0.2, 0) is 6.54 Å². The first kappa shape index (κ1) is 19.4. The van der Waals surface area contributed by atoms with Crippen LogP contribution < -0.4 is 4.74 Å². The number of carbonyl (C=O) groups excluding carboxylic acids is 1. The molecule has 1 amide bonds. The van der Waals surface area contributed by atoms with Crippen LogP contribution >= 0.6 is 11.6 Å². The van der Waals surface area contributed by atoms with Gasteiger partial charge in [0.2, 0.25) is 0 Å². The molecule has 0 N–H and O–H groups in total. The lowest BCUT2D eigenvalue weighted by molar-refractivity contribution is 0.0659. The van der Waals surface area contributed by atoms with Crippen molar-refractivity contribution in [2.24, 2.45) is 0 Å². The summed E-state index contributed by atoms with van der Waals surface area (Å²) < 4.78 is 19.8. The summed E-state index contributed by atoms with van der Waals surface area (Å²) in [5, 5.41) is 0.419. The molecule has 2 aromatic carbocycles. The van der Waals surface area contributed by atoms with Gasteiger partial charge in [-0.3, -0.25) is 4.79 Å². The predicted octanol–water partition coefficient (Wildman–Crippen LogP) is 5.54. The van der Waals surface area contributed by atoms with Gasteiger partial charge in [0.1, 0.15) is 18.2 Å². The third kappa shape index (κ3) is 5.10. The van der Waals surface area contributed by atoms with Gasteiger partial charge in [0.05, 0.1) is 5.56 Å². The molecule has 0 aliphatic heterocycles. The Balaban J connectivity index is 1.82. The van der Waals surface area contributed by atoms with Gasteiger partial charge in [-0.1, -0.05) is 55.3 Å². The van der Waals surface area contributed by atoms with E-state index in [2.05, 4.69) is 6.58 Å². The summed E-state index contributed by atoms with van der Waals surface area (Å²) in [6.07, 6.45) is 4.07. The first-order valence-corrected chi connectivity index (χ1v) is 9.53. The van der Waals surface area contributed by atoms with Crippen LogP contribution in [0.15, 0.2) is 60.1 Å². The molecule has 27 heavy (non-hydrogen) atoms. The SMILES string of the molecule is C=C(Cl)COc1cccc(CN(C(=O)c2ccccc2F)C2CCCC2)c1. The maximum atomic E-state index is 14.2. The van der Waals surface area contributed by atoms with Crippen molar-refractivity contribution in [3.05, 3.63) is 77.1 Å². The minimum Gasteiger partial charge on any atom is -0.488 e. The lowest BCUT2D eigenvalue weighted by Gasteiger charge is -2.29. The van der Waals surface area contributed by atoms with Crippen LogP contribution in [0.4, 0.5) is 4.39 Å². The Morgan fingerprint density at radius 1 is 1.19 bits per heavy atom. The predicted molar refractivity (Wildman–Crippen MR) is 105 cm³/mol. The van der Waals surface area contributed by atoms with Crippen LogP contribution in [0.5, 0.6) is 5.75 Å². The van der Waals surface area contributed by atoms with E-state index in [1.807, 2.05) is 24.3 Å². The van der Waals surface area contributed by atoms with Crippen molar-refractivity contribution in [1.29, 1.82) is 0 Å². The number of hydrogen-bond acceptors (Lipinski definition) is 2. The number of nitrogens with zero attached hydrogens (tertiary/aromatic N) is 1. The summed E-state index contributed by atoms with van der Waals surface area (Å²) in [6.45, 7) is 4.25. The van der Waals surface area contributed by atoms with Gasteiger partial charge >= 0.3 is 0 Å². The van der Waals surface area contributed by atoms with Gasteiger partial charge < -0.3 is 9.64 Å². The highest BCUT2D eigenvalue weighted by molar-refractivity contribution is 6.29. The zero-order valence-corrected chi connectivity index (χ0v) is 15.9. The van der Waals surface area contributed by atoms with E-state index in [9.17, 15) is 9.18 Å². The second-order valence-corrected chi connectivity index (χ2v) is 7.34. The van der Waals surface area contributed by atoms with Gasteiger partial charge in [-0.25, -0.2) is 4.39 Å². The fourth-order valence-electron chi connectivity index (χ4n) is 3.46. The largest absolute Gasteiger partial charge is 0.488 e. The monoisotopic (exact) mass is 387 g/mol. The van der Waals surface area contributed by atoms with Crippen molar-refractivity contribution in [1.82, 2.24) is 4.90 Å². The Morgan fingerprint density at radius 3 is 2.63 bits per heavy atom. The van der Waals surface area contributed by atoms with Gasteiger partial charge in [-0.2, -0.15) is 0 Å². The number of ether oxygens (including phenoxy) is 1. The molecule has 0 saturated heterocycles. The summed E-state index contributed by atoms with van der Waals surface area (Å²) in [7, 11) is 0. The summed E-state index contributed by atoms with van der Waals surface area (Å²) >= 11 is 5.75. The molecule has 1 aliphatic carbocycles. The molecule has 0 unspecified atom stereocenters. The van der Waals surface area contributed by atoms with Gasteiger partial charge in [0, 0.05) is 17.6 Å². The van der Waals surface area contributed by atoms with Gasteiger partial charge in [-0.05, 0) is 42.7 Å². The van der Waals surface area contributed by atoms with E-state index in [0.29, 0.717) is 17.3 Å². The maximum absolute atomic E-state index is 14.2. The van der Waals surface area contributed by atoms with Crippen molar-refractivity contribution in [3.8, 4) is 5.75 Å². The molecule has 0 bridgehead atoms. The Kier molecular flexibility index (Phi) is 6.51. The lowest BCUT2D eigenvalue weighted by Crippen LogP contribution is -2.38. The van der Waals surface area contributed by atoms with Crippen LogP contribution in [0.2, 0.25) is 0 Å². The molecular formula is C22H23ClFNO2. The van der Waals surface area contributed by atoms with Crippen molar-refractivity contribution < 1.29 is 13.9 Å². The van der Waals surface area contributed by atoms with Crippen molar-refractivity contribution in [2.75, 3.05) is 6.61 Å². The molecule has 2 aromatic rings. The summed E-state index contributed by atoms with van der Waals surface area (Å²) in [4.78, 5) is 14.9. The van der Waals surface area contributed by atoms with E-state index in [4.69, 9.17) is 16.3 Å². The molecule has 142 valence electrons. The van der Waals surface area contributed by atoms with Crippen molar-refractivity contribution >= 4 is 17.5 Å². The van der Waals surface area contributed by atoms with E-state index in [0.717, 1.165) is 31.2 Å². The number of halogens is 2. The zero-order chi connectivity index (χ0) is 19.2. The minimum absolute atomic E-state index is 0.121. The molecular weight excluding hydrogens is 365 g/mol. The molecule has 3 rings (SSSR count). The molecule has 0 spiro atoms. The minimum atomic E-state index is -0.483. The second-order valence-electron chi connectivity index (χ2n) is 6.80. The summed E-state index contributed by atoms with van der Waals surface area (Å²) in [5.41, 5.74) is 1.06. The number of hydrogen-bond donors (Lipinski definition) is 0. The molecule has 0 heterocycles. The third-order valence-electron chi connectivity index (χ3n) is 4.78. The molecule has 0 radical (unpaired) electrons. The highest BCUT2D eigenvalue weighted by Crippen LogP contribution is 2.28. The van der Waals surface area contributed by atoms with Crippen LogP contribution in [0.3, 0.4) is 0 Å². The van der Waals surface area contributed by atoms with Crippen molar-refractivity contribution in [2.45, 2.75) is 38.3 Å². The smallest absolute Gasteiger partial charge is 0.257 e. The quantitative estimate of drug-likeness (QED) is 0.624. The van der Waals surface area contributed by atoms with Gasteiger partial charge in [0.15, 0.2) is 0 Å². The van der Waals surface area contributed by atoms with E-state index in [1.54, 1.807) is 23.1 Å². The lowest BCUT2D eigenvalue weighted by atomic mass is 10.1. The third-order valence-corrected chi connectivity index (χ3v) is 4.89. The Labute approximate surface area is 164 Å². The average molecular weight is 388 g/mol. The van der Waals surface area contributed by atoms with Crippen LogP contribution in [0, 0.1) is 5.82 Å². The first-order valence-electron chi connectivity index (χ1n) is 9.15. The molecule has 0 atom stereocenters. The number of carbonyl (C=O) groups is 1. The van der Waals surface area contributed by atoms with Gasteiger partial charge in [-0.15, -0.1) is 0 Å². The van der Waals surface area contributed by atoms with Crippen molar-refractivity contribution in [3.63, 3.8) is 0 Å². The average Bonchev–Trinajstić information content (AvgIpc) is 3.19. The standard InChI is InChI=1S/C22H23ClFNO2/c1-16(23)15-27-19-10-6-7-17(13-19)14-25(18-8-2-3-9-18)22(26)20-11-4-5-12-21(20)24/h4-7,10-13,18H,1-3,8-9,14-15H2. The maximum Gasteiger partial charge on any atom is 0.257 e. The fraction of sp³-hybridized carbons (Fsp3) is 0.318. The Morgan fingerprint density at radius 2 is 1.93 bits per heavy atom. The van der Waals surface area contributed by atoms with Crippen LogP contribution in [-0.4, -0.2) is 23.5 Å². The number of rotatable bonds is 7. The molecule has 1 aliphatic rings. The second kappa shape index (κ2) is 9.05. The Hall–Kier alpha value is -2.33. The summed E-state index contributed by atoms with van der Waals surface area (Å²) in [6, 6.07) is 13.8. The topological polar surface area (TPSA) is 29.5 Å². The Bertz CT molecular complexity index is 817. The van der Waals surface area contributed by atoms with E-state index < -0.39 is 5.82 Å². The highest BCUT2D eigenvalue weighted by atomic mass is 35.5. The van der Waals surface area contributed by atoms with E-state index >= 15 is 0 Å². The van der Waals surface area contributed by atoms with E-state index in [1.165, 1.54) is 6.07 Å². The summed E-state index contributed by atoms with van der Waals surface area (Å²) in [5.74, 6) is -0.0809. The van der Waals surface area contributed by atoms with Crippen LogP contribution in [0.25, 0.3) is 0 Å². The molecule has 1 fully saturated rings. The fourth-order valence-corrected chi connectivity index (χ4v) is 3.52. The molecule has 0 aromatic heterocycles. The number of amides is 1. The highest BCUT2D eigenvalue weighted by Gasteiger charge is 2.28.